The van der Waals surface area contributed by atoms with Crippen molar-refractivity contribution in [2.45, 2.75) is 64.3 Å². The van der Waals surface area contributed by atoms with Gasteiger partial charge >= 0.3 is 0 Å². The van der Waals surface area contributed by atoms with Crippen LogP contribution in [0, 0.1) is 29.1 Å². The molecule has 1 aliphatic heterocycles. The molecule has 32 heavy (non-hydrogen) atoms. The van der Waals surface area contributed by atoms with Crippen molar-refractivity contribution in [2.75, 3.05) is 13.1 Å². The van der Waals surface area contributed by atoms with Crippen molar-refractivity contribution >= 4 is 33.4 Å². The van der Waals surface area contributed by atoms with Crippen molar-refractivity contribution in [3.05, 3.63) is 23.2 Å². The number of nitrogens with zero attached hydrogens (tertiary/aromatic N) is 2. The van der Waals surface area contributed by atoms with Gasteiger partial charge in [0.2, 0.25) is 5.91 Å². The van der Waals surface area contributed by atoms with Gasteiger partial charge in [-0.25, -0.2) is 0 Å². The predicted octanol–water partition coefficient (Wildman–Crippen LogP) is 4.81. The van der Waals surface area contributed by atoms with Crippen LogP contribution in [0.3, 0.4) is 0 Å². The van der Waals surface area contributed by atoms with E-state index < -0.39 is 0 Å². The second-order valence-corrected chi connectivity index (χ2v) is 12.3. The maximum absolute atomic E-state index is 13.2. The molecule has 6 heteroatoms. The second kappa shape index (κ2) is 7.61. The van der Waals surface area contributed by atoms with E-state index in [9.17, 15) is 9.59 Å². The third-order valence-electron chi connectivity index (χ3n) is 9.40. The molecule has 1 N–H and O–H groups in total. The van der Waals surface area contributed by atoms with Crippen LogP contribution in [0.1, 0.15) is 68.8 Å². The molecular weight excluding hydrogens is 418 g/mol. The molecule has 2 aromatic heterocycles. The number of fused-ring (bicyclic) bond motifs is 1. The van der Waals surface area contributed by atoms with Crippen LogP contribution >= 0.6 is 11.3 Å². The van der Waals surface area contributed by atoms with Gasteiger partial charge in [0.15, 0.2) is 0 Å². The van der Waals surface area contributed by atoms with Crippen LogP contribution in [0.5, 0.6) is 0 Å². The number of aromatic nitrogens is 1. The molecule has 0 aromatic carbocycles. The molecule has 0 radical (unpaired) electrons. The molecule has 3 heterocycles. The van der Waals surface area contributed by atoms with Crippen molar-refractivity contribution in [3.63, 3.8) is 0 Å². The smallest absolute Gasteiger partial charge is 0.270 e. The minimum Gasteiger partial charge on any atom is -0.353 e. The van der Waals surface area contributed by atoms with Crippen LogP contribution in [0.25, 0.3) is 10.2 Å². The average molecular weight is 454 g/mol. The number of thiophene rings is 1. The summed E-state index contributed by atoms with van der Waals surface area (Å²) in [6, 6.07) is 4.35. The van der Waals surface area contributed by atoms with Gasteiger partial charge in [-0.1, -0.05) is 0 Å². The first kappa shape index (κ1) is 20.8. The number of hydrogen-bond donors (Lipinski definition) is 1. The Bertz CT molecular complexity index is 1010. The highest BCUT2D eigenvalue weighted by atomic mass is 32.1. The highest BCUT2D eigenvalue weighted by molar-refractivity contribution is 7.17. The Kier molecular flexibility index (Phi) is 4.94. The molecule has 5 aliphatic rings. The fraction of sp³-hybridized carbons (Fsp3) is 0.692. The minimum absolute atomic E-state index is 0.0346. The van der Waals surface area contributed by atoms with E-state index in [0.29, 0.717) is 18.5 Å². The molecule has 5 fully saturated rings. The summed E-state index contributed by atoms with van der Waals surface area (Å²) in [6.07, 6.45) is 9.81. The third kappa shape index (κ3) is 3.32. The Labute approximate surface area is 194 Å². The number of amides is 2. The van der Waals surface area contributed by atoms with E-state index in [1.165, 1.54) is 38.5 Å². The molecule has 0 spiro atoms. The number of rotatable bonds is 4. The van der Waals surface area contributed by atoms with Crippen LogP contribution in [-0.2, 0) is 11.8 Å². The van der Waals surface area contributed by atoms with Crippen molar-refractivity contribution in [2.24, 2.45) is 36.1 Å². The van der Waals surface area contributed by atoms with Gasteiger partial charge < -0.3 is 14.8 Å². The molecule has 4 bridgehead atoms. The van der Waals surface area contributed by atoms with E-state index in [0.717, 1.165) is 46.5 Å². The molecule has 5 nitrogen and oxygen atoms in total. The lowest BCUT2D eigenvalue weighted by Gasteiger charge is -2.59. The minimum atomic E-state index is 0.0346. The summed E-state index contributed by atoms with van der Waals surface area (Å²) in [7, 11) is 1.97. The van der Waals surface area contributed by atoms with Crippen LogP contribution < -0.4 is 5.32 Å². The van der Waals surface area contributed by atoms with E-state index in [1.807, 2.05) is 22.6 Å². The van der Waals surface area contributed by atoms with Gasteiger partial charge in [-0.2, -0.15) is 0 Å². The number of piperidine rings is 1. The quantitative estimate of drug-likeness (QED) is 0.722. The first-order chi connectivity index (χ1) is 15.4. The number of likely N-dealkylation sites (tertiary alicyclic amines) is 1. The summed E-state index contributed by atoms with van der Waals surface area (Å²) in [6.45, 7) is 3.60. The van der Waals surface area contributed by atoms with Crippen molar-refractivity contribution in [3.8, 4) is 0 Å². The fourth-order valence-electron chi connectivity index (χ4n) is 7.95. The monoisotopic (exact) mass is 453 g/mol. The molecule has 4 saturated carbocycles. The van der Waals surface area contributed by atoms with Crippen LogP contribution in [0.15, 0.2) is 17.5 Å². The van der Waals surface area contributed by atoms with Crippen molar-refractivity contribution in [1.29, 1.82) is 0 Å². The Hall–Kier alpha value is -1.82. The summed E-state index contributed by atoms with van der Waals surface area (Å²) in [5.74, 6) is 3.07. The maximum atomic E-state index is 13.2. The van der Waals surface area contributed by atoms with Crippen LogP contribution in [-0.4, -0.2) is 40.4 Å². The lowest BCUT2D eigenvalue weighted by molar-refractivity contribution is -0.131. The first-order valence-electron chi connectivity index (χ1n) is 12.5. The number of hydrogen-bond acceptors (Lipinski definition) is 3. The molecule has 4 aliphatic carbocycles. The van der Waals surface area contributed by atoms with E-state index in [-0.39, 0.29) is 23.8 Å². The Morgan fingerprint density at radius 1 is 1.09 bits per heavy atom. The van der Waals surface area contributed by atoms with E-state index in [4.69, 9.17) is 0 Å². The van der Waals surface area contributed by atoms with Gasteiger partial charge in [0.25, 0.3) is 5.91 Å². The largest absolute Gasteiger partial charge is 0.353 e. The number of carbonyl (C=O) groups is 2. The van der Waals surface area contributed by atoms with E-state index >= 15 is 0 Å². The topological polar surface area (TPSA) is 54.3 Å². The summed E-state index contributed by atoms with van der Waals surface area (Å²) < 4.78 is 3.16. The molecule has 1 saturated heterocycles. The summed E-state index contributed by atoms with van der Waals surface area (Å²) in [4.78, 5) is 28.2. The zero-order valence-electron chi connectivity index (χ0n) is 19.3. The molecular formula is C26H35N3O2S. The number of carbonyl (C=O) groups excluding carboxylic acids is 2. The lowest BCUT2D eigenvalue weighted by Crippen LogP contribution is -2.57. The lowest BCUT2D eigenvalue weighted by atomic mass is 9.48. The van der Waals surface area contributed by atoms with Gasteiger partial charge in [0.1, 0.15) is 5.69 Å². The molecule has 7 rings (SSSR count). The average Bonchev–Trinajstić information content (AvgIpc) is 3.35. The highest BCUT2D eigenvalue weighted by Gasteiger charge is 2.53. The summed E-state index contributed by atoms with van der Waals surface area (Å²) in [5, 5.41) is 5.52. The van der Waals surface area contributed by atoms with Gasteiger partial charge in [-0.05, 0) is 99.0 Å². The number of aryl methyl sites for hydroxylation is 1. The Balaban J connectivity index is 1.06. The molecule has 1 unspecified atom stereocenters. The molecule has 2 amide bonds. The number of nitrogens with one attached hydrogen (secondary N) is 1. The summed E-state index contributed by atoms with van der Waals surface area (Å²) >= 11 is 1.67. The fourth-order valence-corrected chi connectivity index (χ4v) is 8.80. The normalized spacial score (nSPS) is 33.1. The van der Waals surface area contributed by atoms with Gasteiger partial charge in [0, 0.05) is 32.1 Å². The van der Waals surface area contributed by atoms with Gasteiger partial charge in [-0.3, -0.25) is 9.59 Å². The van der Waals surface area contributed by atoms with Crippen molar-refractivity contribution in [1.82, 2.24) is 14.8 Å². The zero-order chi connectivity index (χ0) is 22.0. The van der Waals surface area contributed by atoms with E-state index in [1.54, 1.807) is 11.3 Å². The van der Waals surface area contributed by atoms with E-state index in [2.05, 4.69) is 23.7 Å². The SMILES string of the molecule is CC(NC(=O)C1CCN(C(=O)c2cc3sccc3n2C)CC1)C12CC3CC(CC(C3)C1)C2. The second-order valence-electron chi connectivity index (χ2n) is 11.3. The molecule has 172 valence electrons. The van der Waals surface area contributed by atoms with Crippen LogP contribution in [0.2, 0.25) is 0 Å². The van der Waals surface area contributed by atoms with Crippen LogP contribution in [0.4, 0.5) is 0 Å². The predicted molar refractivity (Wildman–Crippen MR) is 128 cm³/mol. The van der Waals surface area contributed by atoms with Gasteiger partial charge in [0.05, 0.1) is 10.2 Å². The summed E-state index contributed by atoms with van der Waals surface area (Å²) in [5.41, 5.74) is 2.22. The third-order valence-corrected chi connectivity index (χ3v) is 10.3. The van der Waals surface area contributed by atoms with Crippen molar-refractivity contribution < 1.29 is 9.59 Å². The Morgan fingerprint density at radius 2 is 1.72 bits per heavy atom. The molecule has 2 aromatic rings. The van der Waals surface area contributed by atoms with Gasteiger partial charge in [-0.15, -0.1) is 11.3 Å². The Morgan fingerprint density at radius 3 is 2.31 bits per heavy atom. The standard InChI is InChI=1S/C26H35N3O2S/c1-16(26-13-17-9-18(14-26)11-19(10-17)15-26)27-24(30)20-3-6-29(7-4-20)25(31)22-12-23-21(28(22)2)5-8-32-23/h5,8,12,16-20H,3-4,6-7,9-11,13-15H2,1-2H3,(H,27,30). The molecule has 1 atom stereocenters. The maximum Gasteiger partial charge on any atom is 0.270 e. The highest BCUT2D eigenvalue weighted by Crippen LogP contribution is 2.61. The first-order valence-corrected chi connectivity index (χ1v) is 13.4. The zero-order valence-corrected chi connectivity index (χ0v) is 20.1.